The van der Waals surface area contributed by atoms with Crippen molar-refractivity contribution in [2.45, 2.75) is 97.5 Å². The molecular weight excluding hydrogens is 598 g/mol. The van der Waals surface area contributed by atoms with Gasteiger partial charge in [-0.15, -0.1) is 0 Å². The predicted molar refractivity (Wildman–Crippen MR) is 163 cm³/mol. The third-order valence-electron chi connectivity index (χ3n) is 7.02. The maximum absolute atomic E-state index is 12.2. The molecule has 0 spiro atoms. The number of aliphatic hydroxyl groups is 1. The van der Waals surface area contributed by atoms with Crippen LogP contribution in [-0.2, 0) is 40.6 Å². The van der Waals surface area contributed by atoms with E-state index in [1.54, 1.807) is 10.9 Å². The number of fused-ring (bicyclic) bond motifs is 1. The van der Waals surface area contributed by atoms with Crippen LogP contribution in [0.3, 0.4) is 0 Å². The second-order valence-electron chi connectivity index (χ2n) is 10.5. The number of rotatable bonds is 20. The van der Waals surface area contributed by atoms with Crippen LogP contribution >= 0.6 is 0 Å². The van der Waals surface area contributed by atoms with Gasteiger partial charge in [-0.3, -0.25) is 28.9 Å². The lowest BCUT2D eigenvalue weighted by atomic mass is 10.0. The molecule has 0 saturated heterocycles. The maximum Gasteiger partial charge on any atom is 0.327 e. The smallest absolute Gasteiger partial charge is 0.327 e. The van der Waals surface area contributed by atoms with Crippen LogP contribution in [0, 0.1) is 11.8 Å². The zero-order chi connectivity index (χ0) is 33.1. The van der Waals surface area contributed by atoms with Crippen molar-refractivity contribution in [2.24, 2.45) is 11.8 Å². The number of nitrogens with zero attached hydrogens (tertiary/aromatic N) is 2. The number of anilines is 1. The number of hydrogen-bond donors (Lipinski definition) is 5. The van der Waals surface area contributed by atoms with E-state index in [1.165, 1.54) is 0 Å². The van der Waals surface area contributed by atoms with Gasteiger partial charge in [-0.05, 0) is 24.7 Å². The number of imidazole rings is 1. The average Bonchev–Trinajstić information content (AvgIpc) is 3.38. The van der Waals surface area contributed by atoms with Gasteiger partial charge in [0.1, 0.15) is 0 Å². The molecule has 2 aromatic rings. The van der Waals surface area contributed by atoms with Crippen molar-refractivity contribution in [1.29, 1.82) is 0 Å². The fraction of sp³-hybridized carbons (Fsp3) is 0.750. The Morgan fingerprint density at radius 1 is 1.05 bits per heavy atom. The molecule has 6 N–H and O–H groups in total. The largest absolute Gasteiger partial charge is 0.465 e. The first-order valence-electron chi connectivity index (χ1n) is 15.1. The Bertz CT molecular complexity index is 1300. The molecule has 0 aromatic carbocycles. The number of esters is 2. The van der Waals surface area contributed by atoms with E-state index in [0.717, 1.165) is 51.4 Å². The highest BCUT2D eigenvalue weighted by Gasteiger charge is 2.36. The lowest BCUT2D eigenvalue weighted by Gasteiger charge is -2.18. The van der Waals surface area contributed by atoms with E-state index in [0.29, 0.717) is 11.2 Å². The molecule has 3 unspecified atom stereocenters. The summed E-state index contributed by atoms with van der Waals surface area (Å²) in [5, 5.41) is 6.62. The van der Waals surface area contributed by atoms with E-state index in [1.807, 2.05) is 13.8 Å². The monoisotopic (exact) mass is 648 g/mol. The first kappa shape index (κ1) is 38.9. The van der Waals surface area contributed by atoms with Gasteiger partial charge in [-0.1, -0.05) is 71.2 Å². The lowest BCUT2D eigenvalue weighted by Crippen LogP contribution is -2.35. The summed E-state index contributed by atoms with van der Waals surface area (Å²) in [5.74, 6) is -1.56. The van der Waals surface area contributed by atoms with Gasteiger partial charge in [0.2, 0.25) is 5.52 Å². The molecule has 0 amide bonds. The van der Waals surface area contributed by atoms with E-state index < -0.39 is 33.7 Å². The number of carbonyl (C=O) groups is 2. The van der Waals surface area contributed by atoms with Crippen LogP contribution in [0.4, 0.5) is 5.95 Å². The number of nitrogens with two attached hydrogens (primary N) is 1. The highest BCUT2D eigenvalue weighted by molar-refractivity contribution is 7.87. The van der Waals surface area contributed by atoms with Crippen LogP contribution in [0.1, 0.15) is 85.5 Å². The number of aromatic nitrogens is 4. The molecule has 2 heterocycles. The highest BCUT2D eigenvalue weighted by atomic mass is 32.2. The van der Waals surface area contributed by atoms with E-state index in [4.69, 9.17) is 25.1 Å². The van der Waals surface area contributed by atoms with Gasteiger partial charge >= 0.3 is 17.6 Å². The Morgan fingerprint density at radius 3 is 2.16 bits per heavy atom. The molecule has 0 bridgehead atoms. The third kappa shape index (κ3) is 14.1. The molecule has 16 heteroatoms. The fourth-order valence-electron chi connectivity index (χ4n) is 4.17. The van der Waals surface area contributed by atoms with Gasteiger partial charge in [0, 0.05) is 0 Å². The highest BCUT2D eigenvalue weighted by Crippen LogP contribution is 2.17. The molecule has 44 heavy (non-hydrogen) atoms. The number of ether oxygens (including phenoxy) is 3. The summed E-state index contributed by atoms with van der Waals surface area (Å²) >= 11 is 0. The number of aliphatic hydroxyl groups excluding tert-OH is 1. The molecule has 15 nitrogen and oxygen atoms in total. The van der Waals surface area contributed by atoms with Crippen LogP contribution in [0.15, 0.2) is 11.1 Å². The molecule has 0 aliphatic carbocycles. The molecule has 2 aromatic heterocycles. The molecule has 0 saturated carbocycles. The second kappa shape index (κ2) is 20.8. The van der Waals surface area contributed by atoms with Crippen molar-refractivity contribution < 1.29 is 46.4 Å². The summed E-state index contributed by atoms with van der Waals surface area (Å²) in [6.07, 6.45) is 8.30. The van der Waals surface area contributed by atoms with Gasteiger partial charge in [-0.2, -0.15) is 8.42 Å². The Balaban J connectivity index is 0.000000505. The van der Waals surface area contributed by atoms with E-state index in [9.17, 15) is 27.4 Å². The van der Waals surface area contributed by atoms with Crippen LogP contribution < -0.4 is 15.9 Å². The standard InChI is InChI=1S/C20H38O7S.C8H11N5O3/c1-5-9-11-16(7-3)14-26-19(21)13-18(28(23,24)25)20(22)27-15-17(8-4)12-10-6-2;9-8-11-6-5(7(15)12-8)10-3-13(6)4-16-2-1-14/h16-18H,5-15H2,1-4H3,(H,23,24,25);3,14H,1-2,4H2,(H3,9,11,12,15)/p+1. The summed E-state index contributed by atoms with van der Waals surface area (Å²) in [6, 6.07) is 0. The number of aromatic amines is 2. The van der Waals surface area contributed by atoms with Gasteiger partial charge in [-0.25, -0.2) is 4.57 Å². The lowest BCUT2D eigenvalue weighted by molar-refractivity contribution is -0.710. The van der Waals surface area contributed by atoms with Gasteiger partial charge in [0.25, 0.3) is 21.6 Å². The molecule has 0 radical (unpaired) electrons. The minimum atomic E-state index is -4.76. The Kier molecular flexibility index (Phi) is 18.4. The van der Waals surface area contributed by atoms with Crippen molar-refractivity contribution in [2.75, 3.05) is 32.2 Å². The summed E-state index contributed by atoms with van der Waals surface area (Å²) in [4.78, 5) is 44.8. The number of H-pyrrole nitrogens is 2. The number of carbonyl (C=O) groups excluding carboxylic acids is 2. The molecule has 2 rings (SSSR count). The minimum absolute atomic E-state index is 0.0491. The predicted octanol–water partition coefficient (Wildman–Crippen LogP) is 2.24. The molecular formula is C28H50N5O10S+. The first-order valence-corrected chi connectivity index (χ1v) is 16.6. The normalized spacial score (nSPS) is 13.5. The quantitative estimate of drug-likeness (QED) is 0.0603. The van der Waals surface area contributed by atoms with Crippen molar-refractivity contribution >= 4 is 39.2 Å². The zero-order valence-electron chi connectivity index (χ0n) is 26.2. The van der Waals surface area contributed by atoms with Gasteiger partial charge in [0.05, 0.1) is 32.8 Å². The van der Waals surface area contributed by atoms with Crippen molar-refractivity contribution in [3.8, 4) is 0 Å². The topological polar surface area (TPSA) is 228 Å². The third-order valence-corrected chi connectivity index (χ3v) is 8.10. The Hall–Kier alpha value is -3.08. The second-order valence-corrected chi connectivity index (χ2v) is 12.1. The van der Waals surface area contributed by atoms with Crippen LogP contribution in [0.5, 0.6) is 0 Å². The summed E-state index contributed by atoms with van der Waals surface area (Å²) in [5.41, 5.74) is 5.85. The first-order chi connectivity index (χ1) is 20.9. The van der Waals surface area contributed by atoms with Crippen LogP contribution in [0.25, 0.3) is 11.2 Å². The molecule has 0 fully saturated rings. The van der Waals surface area contributed by atoms with E-state index in [-0.39, 0.29) is 56.5 Å². The SMILES string of the molecule is CCCCC(CC)COC(=O)CC(C(=O)OCC(CC)CCCC)S(=O)(=O)O.Nc1nc2c([nH]c[n+]2COCCO)c(=O)[nH]1. The number of nitrogens with one attached hydrogen (secondary N) is 2. The maximum atomic E-state index is 12.2. The molecule has 252 valence electrons. The summed E-state index contributed by atoms with van der Waals surface area (Å²) in [6.45, 7) is 8.71. The van der Waals surface area contributed by atoms with E-state index in [2.05, 4.69) is 28.8 Å². The van der Waals surface area contributed by atoms with Crippen LogP contribution in [0.2, 0.25) is 0 Å². The van der Waals surface area contributed by atoms with E-state index >= 15 is 0 Å². The summed E-state index contributed by atoms with van der Waals surface area (Å²) < 4.78 is 49.5. The number of hydrogen-bond acceptors (Lipinski definition) is 11. The average molecular weight is 649 g/mol. The molecule has 0 aliphatic heterocycles. The number of unbranched alkanes of at least 4 members (excludes halogenated alkanes) is 2. The Labute approximate surface area is 258 Å². The van der Waals surface area contributed by atoms with Crippen molar-refractivity contribution in [1.82, 2.24) is 15.0 Å². The van der Waals surface area contributed by atoms with Gasteiger partial charge in [0.15, 0.2) is 18.3 Å². The number of nitrogen functional groups attached to an aromatic ring is 1. The minimum Gasteiger partial charge on any atom is -0.465 e. The molecule has 0 aliphatic rings. The van der Waals surface area contributed by atoms with Crippen LogP contribution in [-0.4, -0.2) is 76.6 Å². The summed E-state index contributed by atoms with van der Waals surface area (Å²) in [7, 11) is -4.76. The fourth-order valence-corrected chi connectivity index (χ4v) is 4.82. The van der Waals surface area contributed by atoms with Crippen molar-refractivity contribution in [3.05, 3.63) is 16.7 Å². The van der Waals surface area contributed by atoms with Crippen molar-refractivity contribution in [3.63, 3.8) is 0 Å². The zero-order valence-corrected chi connectivity index (χ0v) is 27.1. The van der Waals surface area contributed by atoms with Gasteiger partial charge < -0.3 is 25.1 Å². The Morgan fingerprint density at radius 2 is 1.64 bits per heavy atom. The molecule has 3 atom stereocenters.